The maximum Gasteiger partial charge on any atom is 0.306 e. The van der Waals surface area contributed by atoms with E-state index < -0.39 is 67.4 Å². The number of ether oxygens (including phenoxy) is 3. The Hall–Kier alpha value is -2.64. The lowest BCUT2D eigenvalue weighted by atomic mass is 9.99. The molecule has 8 atom stereocenters. The third kappa shape index (κ3) is 47.4. The van der Waals surface area contributed by atoms with Crippen molar-refractivity contribution in [2.24, 2.45) is 0 Å². The number of hydrogen-bond donors (Lipinski definition) is 6. The van der Waals surface area contributed by atoms with Crippen molar-refractivity contribution >= 4 is 11.9 Å². The Morgan fingerprint density at radius 3 is 1.25 bits per heavy atom. The third-order valence-corrected chi connectivity index (χ3v) is 16.7. The van der Waals surface area contributed by atoms with E-state index in [0.717, 1.165) is 96.3 Å². The predicted molar refractivity (Wildman–Crippen MR) is 352 cm³/mol. The Kier molecular flexibility index (Phi) is 57.3. The highest BCUT2D eigenvalue weighted by atomic mass is 16.7. The first-order valence-corrected chi connectivity index (χ1v) is 35.6. The van der Waals surface area contributed by atoms with E-state index >= 15 is 0 Å². The van der Waals surface area contributed by atoms with E-state index in [-0.39, 0.29) is 19.4 Å². The largest absolute Gasteiger partial charge is 0.454 e. The van der Waals surface area contributed by atoms with Gasteiger partial charge >= 0.3 is 5.97 Å². The van der Waals surface area contributed by atoms with Crippen molar-refractivity contribution in [1.82, 2.24) is 5.32 Å². The molecule has 6 N–H and O–H groups in total. The van der Waals surface area contributed by atoms with E-state index in [1.807, 2.05) is 6.08 Å². The van der Waals surface area contributed by atoms with Crippen LogP contribution < -0.4 is 5.32 Å². The summed E-state index contributed by atoms with van der Waals surface area (Å²) in [5, 5.41) is 57.2. The van der Waals surface area contributed by atoms with Gasteiger partial charge < -0.3 is 45.1 Å². The summed E-state index contributed by atoms with van der Waals surface area (Å²) in [6, 6.07) is -1.03. The fraction of sp³-hybridized carbons (Fsp3) is 0.836. The zero-order valence-corrected chi connectivity index (χ0v) is 54.5. The molecule has 1 aliphatic heterocycles. The minimum atomic E-state index is -1.62. The molecule has 0 bridgehead atoms. The maximum atomic E-state index is 13.5. The number of carbonyl (C=O) groups is 2. The van der Waals surface area contributed by atoms with Crippen molar-refractivity contribution in [2.45, 2.75) is 378 Å². The summed E-state index contributed by atoms with van der Waals surface area (Å²) >= 11 is 0. The van der Waals surface area contributed by atoms with Crippen LogP contribution in [0.25, 0.3) is 0 Å². The van der Waals surface area contributed by atoms with Gasteiger partial charge in [0.15, 0.2) is 12.4 Å². The predicted octanol–water partition coefficient (Wildman–Crippen LogP) is 18.1. The monoisotopic (exact) mass is 1180 g/mol. The number of aliphatic hydroxyl groups excluding tert-OH is 5. The van der Waals surface area contributed by atoms with Crippen LogP contribution in [0.4, 0.5) is 0 Å². The Morgan fingerprint density at radius 1 is 0.464 bits per heavy atom. The molecule has 1 amide bonds. The van der Waals surface area contributed by atoms with E-state index in [9.17, 15) is 35.1 Å². The van der Waals surface area contributed by atoms with Crippen molar-refractivity contribution in [3.63, 3.8) is 0 Å². The van der Waals surface area contributed by atoms with Gasteiger partial charge in [0.2, 0.25) is 5.91 Å². The van der Waals surface area contributed by atoms with E-state index in [1.165, 1.54) is 186 Å². The Balaban J connectivity index is 2.59. The molecule has 0 aromatic rings. The first-order valence-electron chi connectivity index (χ1n) is 35.6. The molecule has 1 aliphatic rings. The fourth-order valence-corrected chi connectivity index (χ4v) is 11.0. The van der Waals surface area contributed by atoms with Gasteiger partial charge in [0.05, 0.1) is 25.4 Å². The topological polar surface area (TPSA) is 175 Å². The van der Waals surface area contributed by atoms with E-state index in [2.05, 4.69) is 74.7 Å². The van der Waals surface area contributed by atoms with Gasteiger partial charge in [-0.3, -0.25) is 9.59 Å². The van der Waals surface area contributed by atoms with Gasteiger partial charge in [-0.25, -0.2) is 0 Å². The number of esters is 1. The zero-order chi connectivity index (χ0) is 61.0. The molecular weight excluding hydrogens is 1050 g/mol. The van der Waals surface area contributed by atoms with Crippen molar-refractivity contribution in [3.05, 3.63) is 60.8 Å². The molecule has 0 radical (unpaired) electrons. The molecule has 84 heavy (non-hydrogen) atoms. The minimum absolute atomic E-state index is 0.125. The average molecular weight is 1180 g/mol. The average Bonchev–Trinajstić information content (AvgIpc) is 3.55. The highest BCUT2D eigenvalue weighted by molar-refractivity contribution is 5.80. The molecule has 490 valence electrons. The van der Waals surface area contributed by atoms with Crippen LogP contribution in [0.1, 0.15) is 329 Å². The molecule has 11 nitrogen and oxygen atoms in total. The molecule has 0 aromatic heterocycles. The van der Waals surface area contributed by atoms with Crippen LogP contribution in [0.3, 0.4) is 0 Å². The highest BCUT2D eigenvalue weighted by Gasteiger charge is 2.47. The summed E-state index contributed by atoms with van der Waals surface area (Å²) < 4.78 is 17.7. The van der Waals surface area contributed by atoms with Crippen LogP contribution >= 0.6 is 0 Å². The number of rotatable bonds is 61. The molecular formula is C73H133NO10. The van der Waals surface area contributed by atoms with Crippen molar-refractivity contribution in [2.75, 3.05) is 13.2 Å². The van der Waals surface area contributed by atoms with Crippen molar-refractivity contribution in [1.29, 1.82) is 0 Å². The van der Waals surface area contributed by atoms with Crippen LogP contribution in [0.15, 0.2) is 60.8 Å². The summed E-state index contributed by atoms with van der Waals surface area (Å²) in [6.45, 7) is 5.80. The van der Waals surface area contributed by atoms with Crippen LogP contribution in [0, 0.1) is 0 Å². The van der Waals surface area contributed by atoms with Crippen LogP contribution in [0.2, 0.25) is 0 Å². The molecule has 1 rings (SSSR count). The fourth-order valence-electron chi connectivity index (χ4n) is 11.0. The summed E-state index contributed by atoms with van der Waals surface area (Å²) in [6.07, 6.45) is 66.8. The molecule has 1 fully saturated rings. The number of unbranched alkanes of at least 4 members (excludes halogenated alkanes) is 39. The Morgan fingerprint density at radius 2 is 0.821 bits per heavy atom. The lowest BCUT2D eigenvalue weighted by molar-refractivity contribution is -0.305. The third-order valence-electron chi connectivity index (χ3n) is 16.7. The zero-order valence-electron chi connectivity index (χ0n) is 54.5. The van der Waals surface area contributed by atoms with Crippen LogP contribution in [-0.4, -0.2) is 99.6 Å². The number of amides is 1. The minimum Gasteiger partial charge on any atom is -0.454 e. The van der Waals surface area contributed by atoms with Gasteiger partial charge in [-0.2, -0.15) is 0 Å². The van der Waals surface area contributed by atoms with Gasteiger partial charge in [0.1, 0.15) is 24.4 Å². The molecule has 0 aromatic carbocycles. The van der Waals surface area contributed by atoms with E-state index in [4.69, 9.17) is 14.2 Å². The SMILES string of the molecule is CCCCC/C=C\C/C=C\C/C=C\C/C=C\CCCCCCCCC(O)C(=O)NC(COC1OC(CO)C(O)C(O)C1OC(=O)CCCCCCCCCCCCCCCCCCCCCCC)C(O)/C=C/CCCCCCCCCCCC. The second-order valence-electron chi connectivity index (χ2n) is 24.6. The number of hydrogen-bond acceptors (Lipinski definition) is 10. The molecule has 8 unspecified atom stereocenters. The first-order chi connectivity index (χ1) is 41.2. The normalized spacial score (nSPS) is 18.8. The summed E-state index contributed by atoms with van der Waals surface area (Å²) in [5.74, 6) is -1.19. The number of carbonyl (C=O) groups excluding carboxylic acids is 2. The van der Waals surface area contributed by atoms with Crippen LogP contribution in [-0.2, 0) is 23.8 Å². The highest BCUT2D eigenvalue weighted by Crippen LogP contribution is 2.26. The van der Waals surface area contributed by atoms with Crippen molar-refractivity contribution < 1.29 is 49.3 Å². The Labute approximate surface area is 516 Å². The molecule has 0 aliphatic carbocycles. The molecule has 0 spiro atoms. The van der Waals surface area contributed by atoms with Crippen LogP contribution in [0.5, 0.6) is 0 Å². The van der Waals surface area contributed by atoms with E-state index in [0.29, 0.717) is 12.8 Å². The lowest BCUT2D eigenvalue weighted by Crippen LogP contribution is -2.61. The lowest BCUT2D eigenvalue weighted by Gasteiger charge is -2.41. The van der Waals surface area contributed by atoms with Crippen molar-refractivity contribution in [3.8, 4) is 0 Å². The summed E-state index contributed by atoms with van der Waals surface area (Å²) in [5.41, 5.74) is 0. The molecule has 0 saturated carbocycles. The molecule has 11 heteroatoms. The maximum absolute atomic E-state index is 13.5. The van der Waals surface area contributed by atoms with Gasteiger partial charge in [-0.1, -0.05) is 313 Å². The van der Waals surface area contributed by atoms with Gasteiger partial charge in [-0.15, -0.1) is 0 Å². The van der Waals surface area contributed by atoms with Gasteiger partial charge in [0.25, 0.3) is 0 Å². The standard InChI is InChI=1S/C73H133NO10/c1-4-7-10-13-16-19-22-25-27-29-31-33-35-36-38-40-42-45-48-51-54-57-60-66(77)72(81)74-64(65(76)59-56-53-50-47-44-24-21-18-15-12-9-6-3)63-82-73-71(70(80)69(79)67(62-75)83-73)84-68(78)61-58-55-52-49-46-43-41-39-37-34-32-30-28-26-23-20-17-14-11-8-5-2/h16,19,25,27,31,33,36,38,56,59,64-67,69-71,73,75-77,79-80H,4-15,17-18,20-24,26,28-30,32,34-35,37,39-55,57-58,60-63H2,1-3H3,(H,74,81)/b19-16-,27-25-,33-31-,38-36-,59-56+. The smallest absolute Gasteiger partial charge is 0.306 e. The Bertz CT molecular complexity index is 1600. The van der Waals surface area contributed by atoms with Gasteiger partial charge in [-0.05, 0) is 70.6 Å². The van der Waals surface area contributed by atoms with Gasteiger partial charge in [0, 0.05) is 6.42 Å². The number of nitrogens with one attached hydrogen (secondary N) is 1. The quantitative estimate of drug-likeness (QED) is 0.0195. The summed E-state index contributed by atoms with van der Waals surface area (Å²) in [4.78, 5) is 26.7. The van der Waals surface area contributed by atoms with E-state index in [1.54, 1.807) is 6.08 Å². The first kappa shape index (κ1) is 79.4. The molecule has 1 heterocycles. The second kappa shape index (κ2) is 60.6. The summed E-state index contributed by atoms with van der Waals surface area (Å²) in [7, 11) is 0. The number of aliphatic hydroxyl groups is 5. The second-order valence-corrected chi connectivity index (χ2v) is 24.6. The molecule has 1 saturated heterocycles. The number of allylic oxidation sites excluding steroid dienone is 9.